The van der Waals surface area contributed by atoms with Gasteiger partial charge in [0.05, 0.1) is 0 Å². The molecule has 17 heavy (non-hydrogen) atoms. The molecule has 0 bridgehead atoms. The van der Waals surface area contributed by atoms with Crippen molar-refractivity contribution in [3.05, 3.63) is 28.8 Å². The molecule has 0 saturated carbocycles. The van der Waals surface area contributed by atoms with Gasteiger partial charge in [-0.05, 0) is 45.0 Å². The fraction of sp³-hybridized carbons (Fsp3) is 0.571. The molecule has 0 saturated heterocycles. The molecule has 2 nitrogen and oxygen atoms in total. The molecular formula is C14H23ClN2. The summed E-state index contributed by atoms with van der Waals surface area (Å²) in [6.07, 6.45) is 1.13. The number of rotatable bonds is 5. The van der Waals surface area contributed by atoms with E-state index in [0.29, 0.717) is 6.04 Å². The fourth-order valence-corrected chi connectivity index (χ4v) is 2.11. The lowest BCUT2D eigenvalue weighted by molar-refractivity contribution is 0.649. The number of nitrogens with one attached hydrogen (secondary N) is 1. The monoisotopic (exact) mass is 254 g/mol. The van der Waals surface area contributed by atoms with Crippen molar-refractivity contribution >= 4 is 17.3 Å². The Morgan fingerprint density at radius 2 is 2.00 bits per heavy atom. The molecule has 0 spiro atoms. The van der Waals surface area contributed by atoms with Gasteiger partial charge in [0, 0.05) is 29.8 Å². The smallest absolute Gasteiger partial charge is 0.0474 e. The van der Waals surface area contributed by atoms with Crippen molar-refractivity contribution in [1.82, 2.24) is 5.32 Å². The van der Waals surface area contributed by atoms with Crippen molar-refractivity contribution in [3.8, 4) is 0 Å². The third-order valence-corrected chi connectivity index (χ3v) is 3.87. The van der Waals surface area contributed by atoms with E-state index in [2.05, 4.69) is 56.2 Å². The second-order valence-corrected chi connectivity index (χ2v) is 4.99. The highest BCUT2D eigenvalue weighted by Crippen LogP contribution is 2.28. The number of nitrogens with zero attached hydrogens (tertiary/aromatic N) is 1. The largest absolute Gasteiger partial charge is 0.372 e. The summed E-state index contributed by atoms with van der Waals surface area (Å²) in [5, 5.41) is 4.04. The zero-order chi connectivity index (χ0) is 13.0. The van der Waals surface area contributed by atoms with E-state index in [9.17, 15) is 0 Å². The van der Waals surface area contributed by atoms with Gasteiger partial charge in [0.1, 0.15) is 0 Å². The Labute approximate surface area is 110 Å². The van der Waals surface area contributed by atoms with Crippen molar-refractivity contribution in [2.24, 2.45) is 0 Å². The Kier molecular flexibility index (Phi) is 5.29. The van der Waals surface area contributed by atoms with E-state index >= 15 is 0 Å². The van der Waals surface area contributed by atoms with Gasteiger partial charge in [-0.15, -0.1) is 0 Å². The predicted molar refractivity (Wildman–Crippen MR) is 77.1 cm³/mol. The quantitative estimate of drug-likeness (QED) is 0.859. The Balaban J connectivity index is 2.96. The number of hydrogen-bond donors (Lipinski definition) is 1. The van der Waals surface area contributed by atoms with Crippen LogP contribution in [0.25, 0.3) is 0 Å². The van der Waals surface area contributed by atoms with Crippen LogP contribution in [-0.2, 0) is 0 Å². The second kappa shape index (κ2) is 6.27. The van der Waals surface area contributed by atoms with Crippen molar-refractivity contribution in [1.29, 1.82) is 0 Å². The highest BCUT2D eigenvalue weighted by atomic mass is 35.5. The SMILES string of the molecule is CCC(C)N(C)c1ccc(C(C)NC)c(Cl)c1. The lowest BCUT2D eigenvalue weighted by Gasteiger charge is -2.27. The van der Waals surface area contributed by atoms with E-state index in [1.807, 2.05) is 7.05 Å². The normalized spacial score (nSPS) is 14.5. The van der Waals surface area contributed by atoms with Gasteiger partial charge in [0.15, 0.2) is 0 Å². The summed E-state index contributed by atoms with van der Waals surface area (Å²) in [7, 11) is 4.06. The molecule has 0 fully saturated rings. The molecule has 0 amide bonds. The molecule has 1 rings (SSSR count). The molecule has 0 aromatic heterocycles. The molecule has 0 heterocycles. The molecule has 96 valence electrons. The minimum atomic E-state index is 0.283. The number of benzene rings is 1. The summed E-state index contributed by atoms with van der Waals surface area (Å²) in [6, 6.07) is 7.11. The van der Waals surface area contributed by atoms with Crippen LogP contribution in [0, 0.1) is 0 Å². The Morgan fingerprint density at radius 3 is 2.47 bits per heavy atom. The van der Waals surface area contributed by atoms with E-state index in [0.717, 1.165) is 17.0 Å². The van der Waals surface area contributed by atoms with Crippen LogP contribution in [0.5, 0.6) is 0 Å². The summed E-state index contributed by atoms with van der Waals surface area (Å²) >= 11 is 6.33. The first-order chi connectivity index (χ1) is 8.01. The average molecular weight is 255 g/mol. The van der Waals surface area contributed by atoms with Crippen molar-refractivity contribution in [3.63, 3.8) is 0 Å². The van der Waals surface area contributed by atoms with E-state index < -0.39 is 0 Å². The molecule has 1 aromatic carbocycles. The molecular weight excluding hydrogens is 232 g/mol. The molecule has 0 aliphatic rings. The summed E-state index contributed by atoms with van der Waals surface area (Å²) in [4.78, 5) is 2.26. The molecule has 2 atom stereocenters. The van der Waals surface area contributed by atoms with Gasteiger partial charge >= 0.3 is 0 Å². The van der Waals surface area contributed by atoms with Crippen LogP contribution < -0.4 is 10.2 Å². The number of halogens is 1. The Morgan fingerprint density at radius 1 is 1.35 bits per heavy atom. The molecule has 0 aliphatic heterocycles. The van der Waals surface area contributed by atoms with Gasteiger partial charge < -0.3 is 10.2 Å². The van der Waals surface area contributed by atoms with Crippen LogP contribution in [0.2, 0.25) is 5.02 Å². The van der Waals surface area contributed by atoms with Gasteiger partial charge in [-0.25, -0.2) is 0 Å². The fourth-order valence-electron chi connectivity index (χ4n) is 1.77. The maximum atomic E-state index is 6.33. The minimum absolute atomic E-state index is 0.283. The molecule has 0 radical (unpaired) electrons. The average Bonchev–Trinajstić information content (AvgIpc) is 2.35. The third-order valence-electron chi connectivity index (χ3n) is 3.54. The van der Waals surface area contributed by atoms with Crippen molar-refractivity contribution < 1.29 is 0 Å². The summed E-state index contributed by atoms with van der Waals surface area (Å²) in [6.45, 7) is 6.53. The van der Waals surface area contributed by atoms with Crippen LogP contribution in [0.15, 0.2) is 18.2 Å². The van der Waals surface area contributed by atoms with Gasteiger partial charge in [0.25, 0.3) is 0 Å². The lowest BCUT2D eigenvalue weighted by atomic mass is 10.1. The van der Waals surface area contributed by atoms with E-state index in [4.69, 9.17) is 11.6 Å². The highest BCUT2D eigenvalue weighted by molar-refractivity contribution is 6.31. The van der Waals surface area contributed by atoms with Crippen LogP contribution >= 0.6 is 11.6 Å². The van der Waals surface area contributed by atoms with Crippen molar-refractivity contribution in [2.75, 3.05) is 19.0 Å². The summed E-state index contributed by atoms with van der Waals surface area (Å²) in [5.74, 6) is 0. The first-order valence-corrected chi connectivity index (χ1v) is 6.58. The van der Waals surface area contributed by atoms with Gasteiger partial charge in [-0.2, -0.15) is 0 Å². The molecule has 2 unspecified atom stereocenters. The molecule has 1 N–H and O–H groups in total. The topological polar surface area (TPSA) is 15.3 Å². The zero-order valence-electron chi connectivity index (χ0n) is 11.4. The molecule has 0 aliphatic carbocycles. The number of anilines is 1. The first-order valence-electron chi connectivity index (χ1n) is 6.20. The van der Waals surface area contributed by atoms with Crippen LogP contribution in [0.1, 0.15) is 38.8 Å². The molecule has 1 aromatic rings. The maximum Gasteiger partial charge on any atom is 0.0474 e. The van der Waals surface area contributed by atoms with Crippen LogP contribution in [0.4, 0.5) is 5.69 Å². The minimum Gasteiger partial charge on any atom is -0.372 e. The van der Waals surface area contributed by atoms with Crippen molar-refractivity contribution in [2.45, 2.75) is 39.3 Å². The maximum absolute atomic E-state index is 6.33. The van der Waals surface area contributed by atoms with Crippen LogP contribution in [0.3, 0.4) is 0 Å². The van der Waals surface area contributed by atoms with E-state index in [-0.39, 0.29) is 6.04 Å². The third kappa shape index (κ3) is 3.36. The Bertz CT molecular complexity index is 365. The number of hydrogen-bond acceptors (Lipinski definition) is 2. The molecule has 3 heteroatoms. The van der Waals surface area contributed by atoms with E-state index in [1.165, 1.54) is 5.69 Å². The van der Waals surface area contributed by atoms with Gasteiger partial charge in [-0.3, -0.25) is 0 Å². The van der Waals surface area contributed by atoms with Gasteiger partial charge in [-0.1, -0.05) is 24.6 Å². The second-order valence-electron chi connectivity index (χ2n) is 4.58. The lowest BCUT2D eigenvalue weighted by Crippen LogP contribution is -2.28. The predicted octanol–water partition coefficient (Wildman–Crippen LogP) is 3.86. The highest BCUT2D eigenvalue weighted by Gasteiger charge is 2.12. The zero-order valence-corrected chi connectivity index (χ0v) is 12.2. The summed E-state index contributed by atoms with van der Waals surface area (Å²) in [5.41, 5.74) is 2.33. The summed E-state index contributed by atoms with van der Waals surface area (Å²) < 4.78 is 0. The standard InChI is InChI=1S/C14H23ClN2/c1-6-10(2)17(5)12-7-8-13(11(3)16-4)14(15)9-12/h7-11,16H,6H2,1-5H3. The Hall–Kier alpha value is -0.730. The van der Waals surface area contributed by atoms with Crippen LogP contribution in [-0.4, -0.2) is 20.1 Å². The first kappa shape index (κ1) is 14.3. The van der Waals surface area contributed by atoms with E-state index in [1.54, 1.807) is 0 Å². The van der Waals surface area contributed by atoms with Gasteiger partial charge in [0.2, 0.25) is 0 Å².